The number of carbonyl (C=O) groups excluding carboxylic acids is 3. The number of nitrogens with one attached hydrogen (secondary N) is 2. The minimum atomic E-state index is -0.934. The first-order valence-electron chi connectivity index (χ1n) is 12.0. The topological polar surface area (TPSA) is 123 Å². The van der Waals surface area contributed by atoms with Gasteiger partial charge in [-0.25, -0.2) is 9.78 Å². The molecule has 4 N–H and O–H groups in total. The molecule has 0 aliphatic carbocycles. The highest BCUT2D eigenvalue weighted by Crippen LogP contribution is 2.28. The Labute approximate surface area is 228 Å². The van der Waals surface area contributed by atoms with Crippen LogP contribution < -0.4 is 16.4 Å². The number of hydrogen-bond donors (Lipinski definition) is 3. The molecule has 2 heterocycles. The lowest BCUT2D eigenvalue weighted by atomic mass is 9.98. The van der Waals surface area contributed by atoms with Crippen LogP contribution in [0.3, 0.4) is 0 Å². The summed E-state index contributed by atoms with van der Waals surface area (Å²) >= 11 is 3.07. The summed E-state index contributed by atoms with van der Waals surface area (Å²) in [6.07, 6.45) is -0.162. The number of methoxy groups -OCH3 is 1. The number of rotatable bonds is 11. The first-order valence-corrected chi connectivity index (χ1v) is 13.7. The molecule has 196 valence electrons. The van der Waals surface area contributed by atoms with E-state index in [0.717, 1.165) is 21.0 Å². The molecular weight excluding hydrogens is 520 g/mol. The zero-order valence-corrected chi connectivity index (χ0v) is 22.4. The van der Waals surface area contributed by atoms with Gasteiger partial charge < -0.3 is 21.1 Å². The Balaban J connectivity index is 1.53. The van der Waals surface area contributed by atoms with E-state index in [1.165, 1.54) is 18.4 Å². The normalized spacial score (nSPS) is 12.3. The summed E-state index contributed by atoms with van der Waals surface area (Å²) in [5.41, 5.74) is 8.77. The highest BCUT2D eigenvalue weighted by atomic mass is 32.1. The van der Waals surface area contributed by atoms with E-state index in [0.29, 0.717) is 11.4 Å². The van der Waals surface area contributed by atoms with Gasteiger partial charge in [-0.05, 0) is 41.1 Å². The summed E-state index contributed by atoms with van der Waals surface area (Å²) < 4.78 is 4.72. The number of thiazole rings is 1. The third-order valence-electron chi connectivity index (χ3n) is 5.84. The van der Waals surface area contributed by atoms with Gasteiger partial charge in [0, 0.05) is 17.5 Å². The maximum Gasteiger partial charge on any atom is 0.407 e. The standard InChI is InChI=1S/C28H28N4O4S2/c1-36-28(35)32-23(15-18-6-3-2-4-7-18)26(34)31-22(14-19-9-11-20(29)12-10-19)24(33)16-21-17-38-27(30-21)25-8-5-13-37-25/h2-13,17,22-23H,14-16,29H2,1H3,(H,31,34)(H,32,35)/t22-,23+/m1/s1. The first-order chi connectivity index (χ1) is 18.4. The molecule has 0 spiro atoms. The van der Waals surface area contributed by atoms with Gasteiger partial charge in [0.05, 0.1) is 30.1 Å². The summed E-state index contributed by atoms with van der Waals surface area (Å²) in [5, 5.41) is 10.2. The second-order valence-corrected chi connectivity index (χ2v) is 10.5. The van der Waals surface area contributed by atoms with Gasteiger partial charge in [-0.3, -0.25) is 9.59 Å². The van der Waals surface area contributed by atoms with Crippen LogP contribution in [0.2, 0.25) is 0 Å². The molecule has 0 aliphatic rings. The zero-order chi connectivity index (χ0) is 26.9. The van der Waals surface area contributed by atoms with Crippen molar-refractivity contribution in [2.75, 3.05) is 12.8 Å². The summed E-state index contributed by atoms with van der Waals surface area (Å²) in [5.74, 6) is -0.666. The van der Waals surface area contributed by atoms with E-state index in [4.69, 9.17) is 10.5 Å². The number of nitrogen functional groups attached to an aromatic ring is 1. The number of nitrogens with two attached hydrogens (primary N) is 1. The molecule has 4 aromatic rings. The van der Waals surface area contributed by atoms with Crippen molar-refractivity contribution in [3.05, 3.63) is 94.3 Å². The van der Waals surface area contributed by atoms with Crippen molar-refractivity contribution in [3.63, 3.8) is 0 Å². The van der Waals surface area contributed by atoms with Gasteiger partial charge in [-0.1, -0.05) is 48.5 Å². The van der Waals surface area contributed by atoms with E-state index in [1.54, 1.807) is 23.5 Å². The third kappa shape index (κ3) is 7.50. The highest BCUT2D eigenvalue weighted by molar-refractivity contribution is 7.20. The van der Waals surface area contributed by atoms with Gasteiger partial charge in [-0.2, -0.15) is 0 Å². The van der Waals surface area contributed by atoms with Crippen LogP contribution in [-0.4, -0.2) is 42.0 Å². The Morgan fingerprint density at radius 1 is 0.895 bits per heavy atom. The Kier molecular flexibility index (Phi) is 9.23. The molecule has 2 amide bonds. The van der Waals surface area contributed by atoms with Gasteiger partial charge in [0.2, 0.25) is 5.91 Å². The van der Waals surface area contributed by atoms with E-state index in [-0.39, 0.29) is 25.0 Å². The Bertz CT molecular complexity index is 1360. The Morgan fingerprint density at radius 2 is 1.61 bits per heavy atom. The van der Waals surface area contributed by atoms with Crippen molar-refractivity contribution in [2.45, 2.75) is 31.3 Å². The number of carbonyl (C=O) groups is 3. The van der Waals surface area contributed by atoms with Gasteiger partial charge in [0.25, 0.3) is 0 Å². The average Bonchev–Trinajstić information content (AvgIpc) is 3.62. The molecule has 2 aromatic carbocycles. The van der Waals surface area contributed by atoms with Gasteiger partial charge in [-0.15, -0.1) is 22.7 Å². The fourth-order valence-electron chi connectivity index (χ4n) is 3.87. The Hall–Kier alpha value is -4.02. The fourth-order valence-corrected chi connectivity index (χ4v) is 5.50. The SMILES string of the molecule is COC(=O)N[C@@H](Cc1ccccc1)C(=O)N[C@H](Cc1ccc(N)cc1)C(=O)Cc1csc(-c2cccs2)n1. The van der Waals surface area contributed by atoms with Crippen LogP contribution in [0.25, 0.3) is 9.88 Å². The molecular formula is C28H28N4O4S2. The molecule has 0 saturated heterocycles. The molecule has 0 unspecified atom stereocenters. The number of anilines is 1. The average molecular weight is 549 g/mol. The largest absolute Gasteiger partial charge is 0.453 e. The fraction of sp³-hybridized carbons (Fsp3) is 0.214. The molecule has 38 heavy (non-hydrogen) atoms. The number of aromatic nitrogens is 1. The monoisotopic (exact) mass is 548 g/mol. The lowest BCUT2D eigenvalue weighted by molar-refractivity contribution is -0.128. The van der Waals surface area contributed by atoms with Crippen molar-refractivity contribution >= 4 is 46.1 Å². The van der Waals surface area contributed by atoms with E-state index in [1.807, 2.05) is 65.4 Å². The molecule has 0 aliphatic heterocycles. The van der Waals surface area contributed by atoms with Crippen LogP contribution in [0.5, 0.6) is 0 Å². The molecule has 0 saturated carbocycles. The summed E-state index contributed by atoms with van der Waals surface area (Å²) in [4.78, 5) is 44.6. The number of benzene rings is 2. The van der Waals surface area contributed by atoms with Crippen LogP contribution in [0.1, 0.15) is 16.8 Å². The molecule has 2 aromatic heterocycles. The van der Waals surface area contributed by atoms with E-state index >= 15 is 0 Å². The van der Waals surface area contributed by atoms with E-state index in [2.05, 4.69) is 15.6 Å². The van der Waals surface area contributed by atoms with Crippen molar-refractivity contribution < 1.29 is 19.1 Å². The maximum absolute atomic E-state index is 13.5. The number of amides is 2. The lowest BCUT2D eigenvalue weighted by Gasteiger charge is -2.23. The van der Waals surface area contributed by atoms with Crippen molar-refractivity contribution in [2.24, 2.45) is 0 Å². The molecule has 10 heteroatoms. The molecule has 2 atom stereocenters. The number of thiophene rings is 1. The van der Waals surface area contributed by atoms with E-state index in [9.17, 15) is 14.4 Å². The molecule has 8 nitrogen and oxygen atoms in total. The smallest absolute Gasteiger partial charge is 0.407 e. The number of hydrogen-bond acceptors (Lipinski definition) is 8. The summed E-state index contributed by atoms with van der Waals surface area (Å²) in [7, 11) is 1.23. The van der Waals surface area contributed by atoms with Crippen LogP contribution in [0, 0.1) is 0 Å². The van der Waals surface area contributed by atoms with Crippen molar-refractivity contribution in [3.8, 4) is 9.88 Å². The first kappa shape index (κ1) is 27.0. The predicted molar refractivity (Wildman–Crippen MR) is 150 cm³/mol. The third-order valence-corrected chi connectivity index (χ3v) is 7.77. The van der Waals surface area contributed by atoms with Crippen LogP contribution in [-0.2, 0) is 33.6 Å². The minimum absolute atomic E-state index is 0.0651. The second kappa shape index (κ2) is 13.0. The second-order valence-electron chi connectivity index (χ2n) is 8.65. The maximum atomic E-state index is 13.5. The summed E-state index contributed by atoms with van der Waals surface area (Å²) in [6.45, 7) is 0. The van der Waals surface area contributed by atoms with Gasteiger partial charge in [0.1, 0.15) is 11.0 Å². The van der Waals surface area contributed by atoms with E-state index < -0.39 is 24.1 Å². The number of nitrogens with zero attached hydrogens (tertiary/aromatic N) is 1. The van der Waals surface area contributed by atoms with Crippen LogP contribution in [0.4, 0.5) is 10.5 Å². The van der Waals surface area contributed by atoms with Crippen LogP contribution >= 0.6 is 22.7 Å². The van der Waals surface area contributed by atoms with Crippen molar-refractivity contribution in [1.29, 1.82) is 0 Å². The predicted octanol–water partition coefficient (Wildman–Crippen LogP) is 4.26. The number of Topliss-reactive ketones (excluding diaryl/α,β-unsaturated/α-hetero) is 1. The lowest BCUT2D eigenvalue weighted by Crippen LogP contribution is -2.53. The Morgan fingerprint density at radius 3 is 2.29 bits per heavy atom. The number of ether oxygens (including phenoxy) is 1. The zero-order valence-electron chi connectivity index (χ0n) is 20.8. The minimum Gasteiger partial charge on any atom is -0.453 e. The molecule has 0 radical (unpaired) electrons. The number of alkyl carbamates (subject to hydrolysis) is 1. The molecule has 0 fully saturated rings. The van der Waals surface area contributed by atoms with Gasteiger partial charge in [0.15, 0.2) is 5.78 Å². The van der Waals surface area contributed by atoms with Crippen molar-refractivity contribution in [1.82, 2.24) is 15.6 Å². The highest BCUT2D eigenvalue weighted by Gasteiger charge is 2.28. The number of ketones is 1. The summed E-state index contributed by atoms with van der Waals surface area (Å²) in [6, 6.07) is 18.6. The van der Waals surface area contributed by atoms with Crippen LogP contribution in [0.15, 0.2) is 77.5 Å². The quantitative estimate of drug-likeness (QED) is 0.241. The van der Waals surface area contributed by atoms with Gasteiger partial charge >= 0.3 is 6.09 Å². The molecule has 0 bridgehead atoms. The molecule has 4 rings (SSSR count).